The molecule has 1 N–H and O–H groups in total. The van der Waals surface area contributed by atoms with E-state index in [-0.39, 0.29) is 17.0 Å². The highest BCUT2D eigenvalue weighted by Crippen LogP contribution is 2.26. The first-order chi connectivity index (χ1) is 9.87. The van der Waals surface area contributed by atoms with Gasteiger partial charge in [-0.25, -0.2) is 12.8 Å². The molecule has 1 aromatic rings. The van der Waals surface area contributed by atoms with E-state index < -0.39 is 15.8 Å². The molecule has 1 saturated heterocycles. The fourth-order valence-corrected chi connectivity index (χ4v) is 4.09. The molecular formula is C14H21FN2O3S. The molecule has 1 aromatic carbocycles. The number of sulfonamides is 1. The zero-order valence-corrected chi connectivity index (χ0v) is 13.3. The summed E-state index contributed by atoms with van der Waals surface area (Å²) in [6.07, 6.45) is 0.437. The minimum atomic E-state index is -3.86. The Balaban J connectivity index is 2.30. The topological polar surface area (TPSA) is 58.6 Å². The SMILES string of the molecule is CNCc1ccc(S(=O)(=O)N(C)C2CCOC2C)c(F)c1. The number of likely N-dealkylation sites (N-methyl/N-ethyl adjacent to an activating group) is 1. The van der Waals surface area contributed by atoms with Crippen LogP contribution in [0.4, 0.5) is 4.39 Å². The Hall–Kier alpha value is -1.02. The molecule has 1 fully saturated rings. The smallest absolute Gasteiger partial charge is 0.246 e. The molecular weight excluding hydrogens is 295 g/mol. The summed E-state index contributed by atoms with van der Waals surface area (Å²) in [5, 5.41) is 2.90. The maximum absolute atomic E-state index is 14.1. The fourth-order valence-electron chi connectivity index (χ4n) is 2.60. The third-order valence-corrected chi connectivity index (χ3v) is 5.75. The number of nitrogens with zero attached hydrogens (tertiary/aromatic N) is 1. The molecule has 0 aromatic heterocycles. The van der Waals surface area contributed by atoms with E-state index in [1.54, 1.807) is 13.1 Å². The molecule has 118 valence electrons. The van der Waals surface area contributed by atoms with Crippen molar-refractivity contribution in [3.63, 3.8) is 0 Å². The summed E-state index contributed by atoms with van der Waals surface area (Å²) < 4.78 is 45.9. The molecule has 0 saturated carbocycles. The van der Waals surface area contributed by atoms with E-state index in [4.69, 9.17) is 4.74 Å². The van der Waals surface area contributed by atoms with Crippen molar-refractivity contribution in [2.24, 2.45) is 0 Å². The third-order valence-electron chi connectivity index (χ3n) is 3.84. The Morgan fingerprint density at radius 3 is 2.71 bits per heavy atom. The Morgan fingerprint density at radius 1 is 1.48 bits per heavy atom. The second kappa shape index (κ2) is 6.39. The van der Waals surface area contributed by atoms with Crippen LogP contribution >= 0.6 is 0 Å². The van der Waals surface area contributed by atoms with Gasteiger partial charge in [0.1, 0.15) is 10.7 Å². The Kier molecular flexibility index (Phi) is 4.98. The van der Waals surface area contributed by atoms with E-state index in [0.717, 1.165) is 0 Å². The van der Waals surface area contributed by atoms with Crippen molar-refractivity contribution in [2.45, 2.75) is 36.9 Å². The average Bonchev–Trinajstić information content (AvgIpc) is 2.84. The van der Waals surface area contributed by atoms with Crippen LogP contribution in [0.1, 0.15) is 18.9 Å². The first-order valence-electron chi connectivity index (χ1n) is 6.90. The van der Waals surface area contributed by atoms with E-state index in [2.05, 4.69) is 5.32 Å². The number of nitrogens with one attached hydrogen (secondary N) is 1. The molecule has 0 radical (unpaired) electrons. The van der Waals surface area contributed by atoms with Gasteiger partial charge in [-0.2, -0.15) is 4.31 Å². The maximum Gasteiger partial charge on any atom is 0.246 e. The van der Waals surface area contributed by atoms with Crippen LogP contribution in [-0.2, 0) is 21.3 Å². The van der Waals surface area contributed by atoms with E-state index in [9.17, 15) is 12.8 Å². The predicted octanol–water partition coefficient (Wildman–Crippen LogP) is 1.34. The van der Waals surface area contributed by atoms with Crippen LogP contribution in [0.15, 0.2) is 23.1 Å². The number of benzene rings is 1. The zero-order chi connectivity index (χ0) is 15.6. The molecule has 7 heteroatoms. The van der Waals surface area contributed by atoms with Crippen LogP contribution in [0.25, 0.3) is 0 Å². The van der Waals surface area contributed by atoms with Crippen molar-refractivity contribution < 1.29 is 17.5 Å². The van der Waals surface area contributed by atoms with Crippen molar-refractivity contribution >= 4 is 10.0 Å². The molecule has 0 spiro atoms. The van der Waals surface area contributed by atoms with Crippen LogP contribution in [0, 0.1) is 5.82 Å². The zero-order valence-electron chi connectivity index (χ0n) is 12.5. The molecule has 21 heavy (non-hydrogen) atoms. The lowest BCUT2D eigenvalue weighted by Gasteiger charge is -2.26. The highest BCUT2D eigenvalue weighted by atomic mass is 32.2. The van der Waals surface area contributed by atoms with Gasteiger partial charge in [-0.05, 0) is 38.1 Å². The Labute approximate surface area is 125 Å². The highest BCUT2D eigenvalue weighted by Gasteiger charge is 2.36. The maximum atomic E-state index is 14.1. The van der Waals surface area contributed by atoms with Gasteiger partial charge in [-0.3, -0.25) is 0 Å². The van der Waals surface area contributed by atoms with Gasteiger partial charge in [-0.1, -0.05) is 6.07 Å². The number of hydrogen-bond acceptors (Lipinski definition) is 4. The second-order valence-electron chi connectivity index (χ2n) is 5.25. The standard InChI is InChI=1S/C14H21FN2O3S/c1-10-13(6-7-20-10)17(3)21(18,19)14-5-4-11(9-16-2)8-12(14)15/h4-5,8,10,13,16H,6-7,9H2,1-3H3. The van der Waals surface area contributed by atoms with E-state index in [0.29, 0.717) is 25.1 Å². The molecule has 0 aliphatic carbocycles. The predicted molar refractivity (Wildman–Crippen MR) is 77.9 cm³/mol. The van der Waals surface area contributed by atoms with Crippen LogP contribution < -0.4 is 5.32 Å². The molecule has 2 unspecified atom stereocenters. The monoisotopic (exact) mass is 316 g/mol. The van der Waals surface area contributed by atoms with Gasteiger partial charge in [0.15, 0.2) is 0 Å². The van der Waals surface area contributed by atoms with Gasteiger partial charge < -0.3 is 10.1 Å². The van der Waals surface area contributed by atoms with Crippen molar-refractivity contribution in [3.8, 4) is 0 Å². The molecule has 2 rings (SSSR count). The number of halogens is 1. The molecule has 1 heterocycles. The summed E-state index contributed by atoms with van der Waals surface area (Å²) in [5.74, 6) is -0.721. The number of ether oxygens (including phenoxy) is 1. The third kappa shape index (κ3) is 3.26. The van der Waals surface area contributed by atoms with Crippen molar-refractivity contribution in [3.05, 3.63) is 29.6 Å². The van der Waals surface area contributed by atoms with Gasteiger partial charge >= 0.3 is 0 Å². The van der Waals surface area contributed by atoms with Gasteiger partial charge in [0, 0.05) is 20.2 Å². The minimum Gasteiger partial charge on any atom is -0.377 e. The molecule has 5 nitrogen and oxygen atoms in total. The van der Waals surface area contributed by atoms with Gasteiger partial charge in [0.05, 0.1) is 12.1 Å². The minimum absolute atomic E-state index is 0.184. The summed E-state index contributed by atoms with van der Waals surface area (Å²) in [7, 11) is -0.634. The molecule has 1 aliphatic rings. The van der Waals surface area contributed by atoms with Crippen molar-refractivity contribution in [1.82, 2.24) is 9.62 Å². The molecule has 0 amide bonds. The van der Waals surface area contributed by atoms with E-state index in [1.165, 1.54) is 23.5 Å². The fraction of sp³-hybridized carbons (Fsp3) is 0.571. The lowest BCUT2D eigenvalue weighted by atomic mass is 10.2. The number of hydrogen-bond donors (Lipinski definition) is 1. The summed E-state index contributed by atoms with van der Waals surface area (Å²) in [6.45, 7) is 2.84. The van der Waals surface area contributed by atoms with Crippen LogP contribution in [0.5, 0.6) is 0 Å². The van der Waals surface area contributed by atoms with Gasteiger partial charge in [-0.15, -0.1) is 0 Å². The molecule has 2 atom stereocenters. The molecule has 1 aliphatic heterocycles. The highest BCUT2D eigenvalue weighted by molar-refractivity contribution is 7.89. The molecule has 0 bridgehead atoms. The normalized spacial score (nSPS) is 22.9. The average molecular weight is 316 g/mol. The first-order valence-corrected chi connectivity index (χ1v) is 8.34. The lowest BCUT2D eigenvalue weighted by Crippen LogP contribution is -2.41. The van der Waals surface area contributed by atoms with E-state index >= 15 is 0 Å². The van der Waals surface area contributed by atoms with Gasteiger partial charge in [0.2, 0.25) is 10.0 Å². The Bertz CT molecular complexity index is 606. The van der Waals surface area contributed by atoms with Crippen molar-refractivity contribution in [1.29, 1.82) is 0 Å². The van der Waals surface area contributed by atoms with E-state index in [1.807, 2.05) is 6.92 Å². The Morgan fingerprint density at radius 2 is 2.19 bits per heavy atom. The summed E-state index contributed by atoms with van der Waals surface area (Å²) in [5.41, 5.74) is 0.703. The summed E-state index contributed by atoms with van der Waals surface area (Å²) >= 11 is 0. The number of rotatable bonds is 5. The second-order valence-corrected chi connectivity index (χ2v) is 7.21. The van der Waals surface area contributed by atoms with Gasteiger partial charge in [0.25, 0.3) is 0 Å². The first kappa shape index (κ1) is 16.4. The van der Waals surface area contributed by atoms with Crippen molar-refractivity contribution in [2.75, 3.05) is 20.7 Å². The summed E-state index contributed by atoms with van der Waals surface area (Å²) in [6, 6.07) is 3.95. The quantitative estimate of drug-likeness (QED) is 0.891. The largest absolute Gasteiger partial charge is 0.377 e. The van der Waals surface area contributed by atoms with Crippen LogP contribution in [0.3, 0.4) is 0 Å². The summed E-state index contributed by atoms with van der Waals surface area (Å²) in [4.78, 5) is -0.288. The lowest BCUT2D eigenvalue weighted by molar-refractivity contribution is 0.102. The van der Waals surface area contributed by atoms with Crippen LogP contribution in [-0.4, -0.2) is 45.6 Å². The van der Waals surface area contributed by atoms with Crippen LogP contribution in [0.2, 0.25) is 0 Å².